The lowest BCUT2D eigenvalue weighted by Crippen LogP contribution is -2.39. The third-order valence-corrected chi connectivity index (χ3v) is 4.24. The highest BCUT2D eigenvalue weighted by Crippen LogP contribution is 2.34. The Bertz CT molecular complexity index is 433. The molecule has 0 fully saturated rings. The summed E-state index contributed by atoms with van der Waals surface area (Å²) < 4.78 is 6.32. The molecule has 1 atom stereocenters. The van der Waals surface area contributed by atoms with Crippen molar-refractivity contribution < 1.29 is 4.43 Å². The lowest BCUT2D eigenvalue weighted by atomic mass is 9.89. The van der Waals surface area contributed by atoms with Gasteiger partial charge in [0.2, 0.25) is 0 Å². The smallest absolute Gasteiger partial charge is 0.186 e. The molecule has 0 amide bonds. The maximum absolute atomic E-state index is 9.80. The van der Waals surface area contributed by atoms with Gasteiger partial charge in [0.1, 0.15) is 6.07 Å². The predicted molar refractivity (Wildman–Crippen MR) is 86.9 cm³/mol. The van der Waals surface area contributed by atoms with Gasteiger partial charge in [0.15, 0.2) is 13.9 Å². The van der Waals surface area contributed by atoms with Gasteiger partial charge in [-0.15, -0.1) is 0 Å². The molecule has 2 nitrogen and oxygen atoms in total. The SMILES string of the molecule is CCCCCC[C@@](C#N)(O[Si](C)(C)C)c1ccccc1. The molecule has 0 N–H and O–H groups in total. The van der Waals surface area contributed by atoms with Crippen molar-refractivity contribution in [1.82, 2.24) is 0 Å². The molecule has 110 valence electrons. The summed E-state index contributed by atoms with van der Waals surface area (Å²) in [5, 5.41) is 9.80. The Kier molecular flexibility index (Phi) is 6.45. The number of benzene rings is 1. The van der Waals surface area contributed by atoms with Crippen molar-refractivity contribution in [2.45, 2.75) is 64.3 Å². The Labute approximate surface area is 124 Å². The first kappa shape index (κ1) is 16.9. The van der Waals surface area contributed by atoms with Gasteiger partial charge in [-0.05, 0) is 38.0 Å². The average molecular weight is 289 g/mol. The van der Waals surface area contributed by atoms with Crippen LogP contribution in [0.25, 0.3) is 0 Å². The maximum atomic E-state index is 9.80. The van der Waals surface area contributed by atoms with E-state index in [0.717, 1.165) is 18.4 Å². The molecule has 20 heavy (non-hydrogen) atoms. The quantitative estimate of drug-likeness (QED) is 0.485. The zero-order chi connectivity index (χ0) is 15.1. The number of hydrogen-bond acceptors (Lipinski definition) is 2. The maximum Gasteiger partial charge on any atom is 0.186 e. The van der Waals surface area contributed by atoms with Gasteiger partial charge >= 0.3 is 0 Å². The van der Waals surface area contributed by atoms with Crippen LogP contribution in [0.15, 0.2) is 30.3 Å². The van der Waals surface area contributed by atoms with Crippen molar-refractivity contribution in [3.8, 4) is 6.07 Å². The molecule has 0 radical (unpaired) electrons. The zero-order valence-electron chi connectivity index (χ0n) is 13.3. The number of hydrogen-bond donors (Lipinski definition) is 0. The third-order valence-electron chi connectivity index (χ3n) is 3.28. The van der Waals surface area contributed by atoms with Crippen molar-refractivity contribution in [3.05, 3.63) is 35.9 Å². The van der Waals surface area contributed by atoms with Crippen LogP contribution in [0.3, 0.4) is 0 Å². The van der Waals surface area contributed by atoms with Crippen LogP contribution in [0.4, 0.5) is 0 Å². The van der Waals surface area contributed by atoms with Gasteiger partial charge in [0.25, 0.3) is 0 Å². The molecule has 0 aliphatic carbocycles. The van der Waals surface area contributed by atoms with Gasteiger partial charge in [-0.1, -0.05) is 56.5 Å². The Hall–Kier alpha value is -1.11. The van der Waals surface area contributed by atoms with Gasteiger partial charge in [-0.25, -0.2) is 0 Å². The highest BCUT2D eigenvalue weighted by molar-refractivity contribution is 6.69. The van der Waals surface area contributed by atoms with Crippen LogP contribution in [0, 0.1) is 11.3 Å². The summed E-state index contributed by atoms with van der Waals surface area (Å²) in [5.41, 5.74) is 0.237. The first-order chi connectivity index (χ1) is 9.43. The molecular formula is C17H27NOSi. The molecule has 1 aromatic carbocycles. The molecule has 0 unspecified atom stereocenters. The van der Waals surface area contributed by atoms with Crippen LogP contribution < -0.4 is 0 Å². The summed E-state index contributed by atoms with van der Waals surface area (Å²) >= 11 is 0. The minimum Gasteiger partial charge on any atom is -0.396 e. The van der Waals surface area contributed by atoms with E-state index in [9.17, 15) is 5.26 Å². The van der Waals surface area contributed by atoms with Crippen LogP contribution in [-0.4, -0.2) is 8.32 Å². The summed E-state index contributed by atoms with van der Waals surface area (Å²) in [5.74, 6) is 0. The molecule has 1 rings (SSSR count). The monoisotopic (exact) mass is 289 g/mol. The summed E-state index contributed by atoms with van der Waals surface area (Å²) in [6.45, 7) is 8.64. The second kappa shape index (κ2) is 7.61. The largest absolute Gasteiger partial charge is 0.396 e. The van der Waals surface area contributed by atoms with Gasteiger partial charge in [0, 0.05) is 0 Å². The lowest BCUT2D eigenvalue weighted by molar-refractivity contribution is 0.105. The van der Waals surface area contributed by atoms with Crippen LogP contribution in [0.2, 0.25) is 19.6 Å². The molecule has 0 bridgehead atoms. The fraction of sp³-hybridized carbons (Fsp3) is 0.588. The first-order valence-electron chi connectivity index (χ1n) is 7.60. The average Bonchev–Trinajstić information content (AvgIpc) is 2.42. The number of nitriles is 1. The molecular weight excluding hydrogens is 262 g/mol. The third kappa shape index (κ3) is 5.11. The Morgan fingerprint density at radius 3 is 2.25 bits per heavy atom. The van der Waals surface area contributed by atoms with Crippen LogP contribution in [0.5, 0.6) is 0 Å². The standard InChI is InChI=1S/C17H27NOSi/c1-5-6-7-11-14-17(15-18,19-20(2,3)4)16-12-9-8-10-13-16/h8-10,12-13H,5-7,11,14H2,1-4H3/t17-/m0/s1. The highest BCUT2D eigenvalue weighted by atomic mass is 28.4. The fourth-order valence-corrected chi connectivity index (χ4v) is 3.74. The summed E-state index contributed by atoms with van der Waals surface area (Å²) in [6, 6.07) is 12.5. The van der Waals surface area contributed by atoms with Gasteiger partial charge in [-0.2, -0.15) is 5.26 Å². The Morgan fingerprint density at radius 2 is 1.75 bits per heavy atom. The van der Waals surface area contributed by atoms with E-state index >= 15 is 0 Å². The van der Waals surface area contributed by atoms with Gasteiger partial charge in [0.05, 0.1) is 0 Å². The van der Waals surface area contributed by atoms with Crippen molar-refractivity contribution >= 4 is 8.32 Å². The van der Waals surface area contributed by atoms with Crippen molar-refractivity contribution in [2.75, 3.05) is 0 Å². The second-order valence-electron chi connectivity index (χ2n) is 6.33. The van der Waals surface area contributed by atoms with Crippen LogP contribution >= 0.6 is 0 Å². The molecule has 0 heterocycles. The van der Waals surface area contributed by atoms with E-state index < -0.39 is 13.9 Å². The molecule has 0 saturated carbocycles. The van der Waals surface area contributed by atoms with Crippen molar-refractivity contribution in [1.29, 1.82) is 5.26 Å². The van der Waals surface area contributed by atoms with E-state index in [1.54, 1.807) is 0 Å². The minimum absolute atomic E-state index is 0.764. The number of nitrogens with zero attached hydrogens (tertiary/aromatic N) is 1. The zero-order valence-corrected chi connectivity index (χ0v) is 14.3. The summed E-state index contributed by atoms with van der Waals surface area (Å²) in [4.78, 5) is 0. The van der Waals surface area contributed by atoms with Crippen molar-refractivity contribution in [2.24, 2.45) is 0 Å². The normalized spacial score (nSPS) is 14.6. The highest BCUT2D eigenvalue weighted by Gasteiger charge is 2.37. The summed E-state index contributed by atoms with van der Waals surface area (Å²) in [7, 11) is -1.79. The lowest BCUT2D eigenvalue weighted by Gasteiger charge is -2.34. The van der Waals surface area contributed by atoms with Crippen LogP contribution in [-0.2, 0) is 10.0 Å². The van der Waals surface area contributed by atoms with E-state index in [1.807, 2.05) is 30.3 Å². The van der Waals surface area contributed by atoms with E-state index in [1.165, 1.54) is 19.3 Å². The van der Waals surface area contributed by atoms with Crippen molar-refractivity contribution in [3.63, 3.8) is 0 Å². The molecule has 0 spiro atoms. The van der Waals surface area contributed by atoms with Gasteiger partial charge in [-0.3, -0.25) is 0 Å². The second-order valence-corrected chi connectivity index (χ2v) is 10.8. The van der Waals surface area contributed by atoms with E-state index in [4.69, 9.17) is 4.43 Å². The minimum atomic E-state index is -1.79. The molecule has 3 heteroatoms. The molecule has 0 saturated heterocycles. The van der Waals surface area contributed by atoms with Gasteiger partial charge < -0.3 is 4.43 Å². The first-order valence-corrected chi connectivity index (χ1v) is 11.0. The molecule has 0 aromatic heterocycles. The molecule has 1 aromatic rings. The molecule has 0 aliphatic rings. The topological polar surface area (TPSA) is 33.0 Å². The van der Waals surface area contributed by atoms with E-state index in [-0.39, 0.29) is 0 Å². The number of rotatable bonds is 8. The fourth-order valence-electron chi connectivity index (χ4n) is 2.43. The summed E-state index contributed by atoms with van der Waals surface area (Å²) in [6.07, 6.45) is 5.43. The molecule has 0 aliphatic heterocycles. The van der Waals surface area contributed by atoms with E-state index in [0.29, 0.717) is 0 Å². The van der Waals surface area contributed by atoms with E-state index in [2.05, 4.69) is 32.6 Å². The van der Waals surface area contributed by atoms with Crippen LogP contribution in [0.1, 0.15) is 44.6 Å². The Balaban J connectivity index is 2.95. The Morgan fingerprint density at radius 1 is 1.10 bits per heavy atom. The predicted octanol–water partition coefficient (Wildman–Crippen LogP) is 5.23. The number of unbranched alkanes of at least 4 members (excludes halogenated alkanes) is 3.